The molecule has 0 atom stereocenters. The minimum absolute atomic E-state index is 0.256. The van der Waals surface area contributed by atoms with Gasteiger partial charge in [0.1, 0.15) is 0 Å². The smallest absolute Gasteiger partial charge is 0.320 e. The molecular formula is C29H35N7O3. The number of benzene rings is 1. The minimum atomic E-state index is 0.256. The van der Waals surface area contributed by atoms with Gasteiger partial charge >= 0.3 is 6.01 Å². The van der Waals surface area contributed by atoms with E-state index in [0.29, 0.717) is 36.2 Å². The van der Waals surface area contributed by atoms with Crippen LogP contribution in [0.3, 0.4) is 0 Å². The first-order valence-electron chi connectivity index (χ1n) is 13.7. The van der Waals surface area contributed by atoms with E-state index in [9.17, 15) is 0 Å². The number of aromatic nitrogens is 5. The number of fused-ring (bicyclic) bond motifs is 1. The second kappa shape index (κ2) is 11.5. The maximum atomic E-state index is 6.25. The van der Waals surface area contributed by atoms with Crippen molar-refractivity contribution in [2.24, 2.45) is 5.92 Å². The molecule has 3 aromatic heterocycles. The summed E-state index contributed by atoms with van der Waals surface area (Å²) >= 11 is 0. The molecule has 0 radical (unpaired) electrons. The van der Waals surface area contributed by atoms with E-state index in [2.05, 4.69) is 56.3 Å². The molecule has 2 N–H and O–H groups in total. The summed E-state index contributed by atoms with van der Waals surface area (Å²) in [5.41, 5.74) is 11.8. The summed E-state index contributed by atoms with van der Waals surface area (Å²) in [5, 5.41) is 0. The third kappa shape index (κ3) is 5.81. The van der Waals surface area contributed by atoms with Crippen molar-refractivity contribution in [3.8, 4) is 23.1 Å². The fourth-order valence-corrected chi connectivity index (χ4v) is 5.29. The van der Waals surface area contributed by atoms with Gasteiger partial charge in [-0.1, -0.05) is 30.3 Å². The van der Waals surface area contributed by atoms with E-state index in [1.54, 1.807) is 7.11 Å². The average molecular weight is 530 g/mol. The molecule has 2 fully saturated rings. The number of hydrogen-bond acceptors (Lipinski definition) is 9. The summed E-state index contributed by atoms with van der Waals surface area (Å²) in [7, 11) is 1.59. The van der Waals surface area contributed by atoms with Crippen LogP contribution in [-0.2, 0) is 17.8 Å². The van der Waals surface area contributed by atoms with Crippen LogP contribution in [-0.4, -0.2) is 69.4 Å². The predicted molar refractivity (Wildman–Crippen MR) is 149 cm³/mol. The Labute approximate surface area is 228 Å². The number of imidazole rings is 1. The maximum absolute atomic E-state index is 6.25. The number of hydrogen-bond donors (Lipinski definition) is 1. The Bertz CT molecular complexity index is 1390. The highest BCUT2D eigenvalue weighted by Gasteiger charge is 2.20. The second-order valence-electron chi connectivity index (χ2n) is 10.3. The molecule has 5 heterocycles. The van der Waals surface area contributed by atoms with Crippen molar-refractivity contribution in [2.75, 3.05) is 45.8 Å². The highest BCUT2D eigenvalue weighted by molar-refractivity contribution is 5.83. The largest absolute Gasteiger partial charge is 0.468 e. The topological polar surface area (TPSA) is 113 Å². The van der Waals surface area contributed by atoms with Crippen molar-refractivity contribution < 1.29 is 14.2 Å². The van der Waals surface area contributed by atoms with Gasteiger partial charge in [0.05, 0.1) is 26.0 Å². The number of nitrogen functional groups attached to an aromatic ring is 1. The van der Waals surface area contributed by atoms with Gasteiger partial charge in [0.2, 0.25) is 0 Å². The summed E-state index contributed by atoms with van der Waals surface area (Å²) in [6.07, 6.45) is 6.49. The van der Waals surface area contributed by atoms with Gasteiger partial charge in [-0.05, 0) is 61.9 Å². The number of rotatable bonds is 9. The molecular weight excluding hydrogens is 494 g/mol. The Hall–Kier alpha value is -3.76. The Balaban J connectivity index is 1.18. The monoisotopic (exact) mass is 529 g/mol. The van der Waals surface area contributed by atoms with Gasteiger partial charge in [0.25, 0.3) is 6.01 Å². The van der Waals surface area contributed by atoms with Gasteiger partial charge in [-0.15, -0.1) is 0 Å². The predicted octanol–water partition coefficient (Wildman–Crippen LogP) is 3.93. The molecule has 6 rings (SSSR count). The van der Waals surface area contributed by atoms with Crippen LogP contribution in [0.5, 0.6) is 12.0 Å². The molecule has 2 saturated heterocycles. The zero-order chi connectivity index (χ0) is 26.6. The number of nitrogens with two attached hydrogens (primary N) is 1. The summed E-state index contributed by atoms with van der Waals surface area (Å²) in [6, 6.07) is 13.4. The average Bonchev–Trinajstić information content (AvgIpc) is 3.61. The lowest BCUT2D eigenvalue weighted by Gasteiger charge is -2.21. The Morgan fingerprint density at radius 2 is 1.72 bits per heavy atom. The van der Waals surface area contributed by atoms with Crippen molar-refractivity contribution in [3.63, 3.8) is 0 Å². The molecule has 204 valence electrons. The first kappa shape index (κ1) is 25.5. The zero-order valence-corrected chi connectivity index (χ0v) is 22.4. The second-order valence-corrected chi connectivity index (χ2v) is 10.3. The summed E-state index contributed by atoms with van der Waals surface area (Å²) in [4.78, 5) is 20.7. The quantitative estimate of drug-likeness (QED) is 0.344. The van der Waals surface area contributed by atoms with E-state index < -0.39 is 0 Å². The molecule has 39 heavy (non-hydrogen) atoms. The highest BCUT2D eigenvalue weighted by Crippen LogP contribution is 2.28. The minimum Gasteiger partial charge on any atom is -0.468 e. The van der Waals surface area contributed by atoms with Gasteiger partial charge in [-0.25, -0.2) is 0 Å². The van der Waals surface area contributed by atoms with Gasteiger partial charge in [0.15, 0.2) is 17.0 Å². The van der Waals surface area contributed by atoms with Crippen molar-refractivity contribution in [1.82, 2.24) is 29.4 Å². The van der Waals surface area contributed by atoms with Crippen molar-refractivity contribution in [2.45, 2.75) is 38.8 Å². The van der Waals surface area contributed by atoms with Crippen LogP contribution in [0, 0.1) is 5.92 Å². The van der Waals surface area contributed by atoms with Gasteiger partial charge in [-0.2, -0.15) is 15.0 Å². The Kier molecular flexibility index (Phi) is 7.55. The molecule has 10 nitrogen and oxygen atoms in total. The van der Waals surface area contributed by atoms with Crippen LogP contribution in [0.1, 0.15) is 36.9 Å². The van der Waals surface area contributed by atoms with Crippen molar-refractivity contribution >= 4 is 17.0 Å². The van der Waals surface area contributed by atoms with Gasteiger partial charge in [0, 0.05) is 31.5 Å². The lowest BCUT2D eigenvalue weighted by atomic mass is 10.0. The molecule has 4 aromatic rings. The first-order valence-corrected chi connectivity index (χ1v) is 13.7. The van der Waals surface area contributed by atoms with E-state index >= 15 is 0 Å². The highest BCUT2D eigenvalue weighted by atomic mass is 16.5. The summed E-state index contributed by atoms with van der Waals surface area (Å²) in [6.45, 7) is 5.85. The van der Waals surface area contributed by atoms with E-state index in [0.717, 1.165) is 55.0 Å². The fourth-order valence-electron chi connectivity index (χ4n) is 5.29. The van der Waals surface area contributed by atoms with Crippen molar-refractivity contribution in [3.05, 3.63) is 53.9 Å². The van der Waals surface area contributed by atoms with Crippen LogP contribution in [0.4, 0.5) is 5.82 Å². The number of ether oxygens (including phenoxy) is 3. The summed E-state index contributed by atoms with van der Waals surface area (Å²) in [5.74, 6) is 0.698. The third-order valence-electron chi connectivity index (χ3n) is 7.57. The Morgan fingerprint density at radius 1 is 0.949 bits per heavy atom. The van der Waals surface area contributed by atoms with Gasteiger partial charge in [-0.3, -0.25) is 14.5 Å². The molecule has 1 aromatic carbocycles. The van der Waals surface area contributed by atoms with E-state index in [4.69, 9.17) is 24.9 Å². The molecule has 0 bridgehead atoms. The number of anilines is 1. The molecule has 0 unspecified atom stereocenters. The summed E-state index contributed by atoms with van der Waals surface area (Å²) < 4.78 is 18.8. The maximum Gasteiger partial charge on any atom is 0.320 e. The van der Waals surface area contributed by atoms with Crippen LogP contribution >= 0.6 is 0 Å². The van der Waals surface area contributed by atoms with Crippen molar-refractivity contribution in [1.29, 1.82) is 0 Å². The molecule has 0 amide bonds. The van der Waals surface area contributed by atoms with Crippen LogP contribution in [0.25, 0.3) is 22.3 Å². The van der Waals surface area contributed by atoms with E-state index in [1.807, 2.05) is 10.8 Å². The third-order valence-corrected chi connectivity index (χ3v) is 7.57. The molecule has 2 aliphatic rings. The fraction of sp³-hybridized carbons (Fsp3) is 0.448. The van der Waals surface area contributed by atoms with Crippen LogP contribution in [0.15, 0.2) is 42.6 Å². The Morgan fingerprint density at radius 3 is 2.44 bits per heavy atom. The number of methoxy groups -OCH3 is 1. The molecule has 10 heteroatoms. The number of likely N-dealkylation sites (tertiary alicyclic amines) is 1. The standard InChI is InChI=1S/C29H35N7O3/c1-37-29-32-25-26(30)33-28(39-19-21-10-14-38-15-11-21)34-27(25)36(29)17-20-4-6-22(7-5-20)23-8-9-24(31-16-23)18-35-12-2-3-13-35/h4-9,16,21H,2-3,10-15,17-19H2,1H3,(H2,30,33,34). The first-order chi connectivity index (χ1) is 19.2. The molecule has 2 aliphatic heterocycles. The number of pyridine rings is 1. The lowest BCUT2D eigenvalue weighted by molar-refractivity contribution is 0.0483. The SMILES string of the molecule is COc1nc2c(N)nc(OCC3CCOCC3)nc2n1Cc1ccc(-c2ccc(CN3CCCC3)nc2)cc1. The zero-order valence-electron chi connectivity index (χ0n) is 22.4. The van der Waals surface area contributed by atoms with Crippen LogP contribution < -0.4 is 15.2 Å². The van der Waals surface area contributed by atoms with E-state index in [-0.39, 0.29) is 11.8 Å². The molecule has 0 aliphatic carbocycles. The van der Waals surface area contributed by atoms with Crippen LogP contribution in [0.2, 0.25) is 0 Å². The normalized spacial score (nSPS) is 16.6. The molecule has 0 saturated carbocycles. The lowest BCUT2D eigenvalue weighted by Crippen LogP contribution is -2.22. The number of nitrogens with zero attached hydrogens (tertiary/aromatic N) is 6. The van der Waals surface area contributed by atoms with E-state index in [1.165, 1.54) is 25.9 Å². The molecule has 0 spiro atoms. The van der Waals surface area contributed by atoms with Gasteiger partial charge < -0.3 is 19.9 Å².